The summed E-state index contributed by atoms with van der Waals surface area (Å²) in [6, 6.07) is 7.57. The predicted molar refractivity (Wildman–Crippen MR) is 98.2 cm³/mol. The molecule has 6 heteroatoms. The van der Waals surface area contributed by atoms with Crippen molar-refractivity contribution in [1.29, 1.82) is 0 Å². The van der Waals surface area contributed by atoms with Gasteiger partial charge in [0.1, 0.15) is 0 Å². The van der Waals surface area contributed by atoms with Crippen molar-refractivity contribution < 1.29 is 9.59 Å². The number of carbonyl (C=O) groups is 2. The van der Waals surface area contributed by atoms with Crippen molar-refractivity contribution >= 4 is 23.6 Å². The van der Waals surface area contributed by atoms with Crippen LogP contribution in [0, 0.1) is 0 Å². The highest BCUT2D eigenvalue weighted by atomic mass is 32.2. The van der Waals surface area contributed by atoms with Gasteiger partial charge in [0, 0.05) is 28.8 Å². The zero-order valence-electron chi connectivity index (χ0n) is 14.5. The van der Waals surface area contributed by atoms with Crippen LogP contribution >= 0.6 is 11.8 Å². The number of amides is 2. The Morgan fingerprint density at radius 1 is 1.33 bits per heavy atom. The molecule has 1 heterocycles. The van der Waals surface area contributed by atoms with Crippen LogP contribution in [0.15, 0.2) is 29.2 Å². The molecular formula is C18H27N3O2S. The van der Waals surface area contributed by atoms with E-state index in [-0.39, 0.29) is 17.9 Å². The molecule has 0 bridgehead atoms. The maximum absolute atomic E-state index is 12.1. The first-order valence-electron chi connectivity index (χ1n) is 8.55. The minimum Gasteiger partial charge on any atom is -0.368 e. The van der Waals surface area contributed by atoms with E-state index >= 15 is 0 Å². The minimum absolute atomic E-state index is 0.0519. The molecule has 132 valence electrons. The third-order valence-electron chi connectivity index (χ3n) is 4.09. The first-order chi connectivity index (χ1) is 11.5. The van der Waals surface area contributed by atoms with E-state index in [1.54, 1.807) is 11.8 Å². The Balaban J connectivity index is 1.72. The molecule has 24 heavy (non-hydrogen) atoms. The van der Waals surface area contributed by atoms with Gasteiger partial charge in [0.25, 0.3) is 5.91 Å². The Morgan fingerprint density at radius 3 is 2.67 bits per heavy atom. The third-order valence-corrected chi connectivity index (χ3v) is 5.10. The summed E-state index contributed by atoms with van der Waals surface area (Å²) in [6.45, 7) is 6.60. The molecule has 1 aromatic carbocycles. The number of nitrogens with one attached hydrogen (secondary N) is 1. The van der Waals surface area contributed by atoms with Crippen LogP contribution in [0.2, 0.25) is 0 Å². The maximum atomic E-state index is 12.1. The number of thioether (sulfide) groups is 1. The van der Waals surface area contributed by atoms with E-state index in [2.05, 4.69) is 24.1 Å². The molecule has 1 fully saturated rings. The van der Waals surface area contributed by atoms with E-state index in [0.29, 0.717) is 17.4 Å². The summed E-state index contributed by atoms with van der Waals surface area (Å²) in [5, 5.41) is 3.47. The van der Waals surface area contributed by atoms with Crippen molar-refractivity contribution in [3.8, 4) is 0 Å². The van der Waals surface area contributed by atoms with Gasteiger partial charge in [-0.05, 0) is 50.1 Å². The van der Waals surface area contributed by atoms with Crippen molar-refractivity contribution in [1.82, 2.24) is 10.2 Å². The van der Waals surface area contributed by atoms with Crippen molar-refractivity contribution in [2.24, 2.45) is 5.73 Å². The molecule has 0 unspecified atom stereocenters. The van der Waals surface area contributed by atoms with Gasteiger partial charge in [-0.1, -0.05) is 13.8 Å². The summed E-state index contributed by atoms with van der Waals surface area (Å²) in [7, 11) is 0. The Hall–Kier alpha value is -1.53. The van der Waals surface area contributed by atoms with Crippen LogP contribution in [-0.4, -0.2) is 47.6 Å². The number of benzene rings is 1. The largest absolute Gasteiger partial charge is 0.368 e. The molecule has 1 atom stereocenters. The SMILES string of the molecule is CC(C)Sc1ccc(C(=O)NCCCN2CCC[C@H]2C(N)=O)cc1. The van der Waals surface area contributed by atoms with Gasteiger partial charge in [-0.15, -0.1) is 11.8 Å². The lowest BCUT2D eigenvalue weighted by Crippen LogP contribution is -2.41. The third kappa shape index (κ3) is 5.53. The van der Waals surface area contributed by atoms with Gasteiger partial charge in [-0.2, -0.15) is 0 Å². The molecule has 0 aromatic heterocycles. The number of hydrogen-bond acceptors (Lipinski definition) is 4. The fourth-order valence-corrected chi connectivity index (χ4v) is 3.80. The second-order valence-corrected chi connectivity index (χ2v) is 8.05. The number of nitrogens with zero attached hydrogens (tertiary/aromatic N) is 1. The van der Waals surface area contributed by atoms with E-state index in [4.69, 9.17) is 5.73 Å². The molecule has 0 spiro atoms. The van der Waals surface area contributed by atoms with Crippen LogP contribution < -0.4 is 11.1 Å². The molecule has 2 amide bonds. The molecule has 0 radical (unpaired) electrons. The lowest BCUT2D eigenvalue weighted by molar-refractivity contribution is -0.122. The molecule has 1 aliphatic rings. The summed E-state index contributed by atoms with van der Waals surface area (Å²) < 4.78 is 0. The molecule has 1 aliphatic heterocycles. The summed E-state index contributed by atoms with van der Waals surface area (Å²) in [6.07, 6.45) is 2.68. The fourth-order valence-electron chi connectivity index (χ4n) is 2.96. The number of hydrogen-bond donors (Lipinski definition) is 2. The van der Waals surface area contributed by atoms with Gasteiger partial charge in [0.2, 0.25) is 5.91 Å². The molecule has 5 nitrogen and oxygen atoms in total. The Labute approximate surface area is 148 Å². The molecule has 1 aromatic rings. The number of carbonyl (C=O) groups excluding carboxylic acids is 2. The highest BCUT2D eigenvalue weighted by Crippen LogP contribution is 2.22. The van der Waals surface area contributed by atoms with E-state index in [9.17, 15) is 9.59 Å². The zero-order chi connectivity index (χ0) is 17.5. The first kappa shape index (κ1) is 18.8. The average molecular weight is 350 g/mol. The van der Waals surface area contributed by atoms with Gasteiger partial charge < -0.3 is 11.1 Å². The number of rotatable bonds is 8. The van der Waals surface area contributed by atoms with E-state index in [1.807, 2.05) is 24.3 Å². The van der Waals surface area contributed by atoms with Crippen LogP contribution in [0.1, 0.15) is 43.5 Å². The Bertz CT molecular complexity index is 560. The van der Waals surface area contributed by atoms with Crippen LogP contribution in [0.5, 0.6) is 0 Å². The maximum Gasteiger partial charge on any atom is 0.251 e. The second-order valence-electron chi connectivity index (χ2n) is 6.40. The molecule has 2 rings (SSSR count). The molecule has 0 aliphatic carbocycles. The average Bonchev–Trinajstić information content (AvgIpc) is 3.00. The second kappa shape index (κ2) is 9.08. The van der Waals surface area contributed by atoms with Gasteiger partial charge >= 0.3 is 0 Å². The number of likely N-dealkylation sites (tertiary alicyclic amines) is 1. The highest BCUT2D eigenvalue weighted by Gasteiger charge is 2.28. The quantitative estimate of drug-likeness (QED) is 0.558. The van der Waals surface area contributed by atoms with Crippen molar-refractivity contribution in [3.63, 3.8) is 0 Å². The molecular weight excluding hydrogens is 322 g/mol. The van der Waals surface area contributed by atoms with E-state index in [0.717, 1.165) is 32.4 Å². The highest BCUT2D eigenvalue weighted by molar-refractivity contribution is 7.99. The van der Waals surface area contributed by atoms with Crippen LogP contribution in [-0.2, 0) is 4.79 Å². The van der Waals surface area contributed by atoms with Crippen molar-refractivity contribution in [2.75, 3.05) is 19.6 Å². The minimum atomic E-state index is -0.240. The smallest absolute Gasteiger partial charge is 0.251 e. The van der Waals surface area contributed by atoms with E-state index in [1.165, 1.54) is 4.90 Å². The van der Waals surface area contributed by atoms with Gasteiger partial charge in [-0.3, -0.25) is 14.5 Å². The monoisotopic (exact) mass is 349 g/mol. The molecule has 3 N–H and O–H groups in total. The number of primary amides is 1. The summed E-state index contributed by atoms with van der Waals surface area (Å²) in [5.74, 6) is -0.292. The normalized spacial score (nSPS) is 18.0. The summed E-state index contributed by atoms with van der Waals surface area (Å²) in [4.78, 5) is 26.8. The van der Waals surface area contributed by atoms with Crippen molar-refractivity contribution in [3.05, 3.63) is 29.8 Å². The molecule has 1 saturated heterocycles. The summed E-state index contributed by atoms with van der Waals surface area (Å²) in [5.41, 5.74) is 6.09. The topological polar surface area (TPSA) is 75.4 Å². The van der Waals surface area contributed by atoms with Gasteiger partial charge in [0.05, 0.1) is 6.04 Å². The fraction of sp³-hybridized carbons (Fsp3) is 0.556. The van der Waals surface area contributed by atoms with E-state index < -0.39 is 0 Å². The Kier molecular flexibility index (Phi) is 7.12. The zero-order valence-corrected chi connectivity index (χ0v) is 15.3. The first-order valence-corrected chi connectivity index (χ1v) is 9.43. The lowest BCUT2D eigenvalue weighted by atomic mass is 10.2. The van der Waals surface area contributed by atoms with Crippen LogP contribution in [0.25, 0.3) is 0 Å². The predicted octanol–water partition coefficient (Wildman–Crippen LogP) is 2.26. The number of nitrogens with two attached hydrogens (primary N) is 1. The standard InChI is InChI=1S/C18H27N3O2S/c1-13(2)24-15-8-6-14(7-9-15)18(23)20-10-4-12-21-11-3-5-16(21)17(19)22/h6-9,13,16H,3-5,10-12H2,1-2H3,(H2,19,22)(H,20,23)/t16-/m0/s1. The lowest BCUT2D eigenvalue weighted by Gasteiger charge is -2.21. The van der Waals surface area contributed by atoms with Gasteiger partial charge in [0.15, 0.2) is 0 Å². The van der Waals surface area contributed by atoms with Gasteiger partial charge in [-0.25, -0.2) is 0 Å². The summed E-state index contributed by atoms with van der Waals surface area (Å²) >= 11 is 1.78. The van der Waals surface area contributed by atoms with Crippen LogP contribution in [0.3, 0.4) is 0 Å². The molecule has 0 saturated carbocycles. The van der Waals surface area contributed by atoms with Crippen molar-refractivity contribution in [2.45, 2.75) is 49.3 Å². The Morgan fingerprint density at radius 2 is 2.04 bits per heavy atom. The van der Waals surface area contributed by atoms with Crippen LogP contribution in [0.4, 0.5) is 0 Å².